The summed E-state index contributed by atoms with van der Waals surface area (Å²) in [5.41, 5.74) is 3.03. The smallest absolute Gasteiger partial charge is 0.200 e. The molecule has 0 aliphatic carbocycles. The van der Waals surface area contributed by atoms with Crippen molar-refractivity contribution >= 4 is 23.2 Å². The summed E-state index contributed by atoms with van der Waals surface area (Å²) in [5.74, 6) is -0.579. The summed E-state index contributed by atoms with van der Waals surface area (Å²) < 4.78 is 3.21. The van der Waals surface area contributed by atoms with E-state index in [0.717, 1.165) is 5.69 Å². The zero-order valence-corrected chi connectivity index (χ0v) is 16.6. The van der Waals surface area contributed by atoms with Gasteiger partial charge in [0.15, 0.2) is 11.6 Å². The molecule has 2 aromatic heterocycles. The number of aromatic nitrogens is 4. The number of hydrogen-bond acceptors (Lipinski definition) is 4. The van der Waals surface area contributed by atoms with Crippen LogP contribution in [0.1, 0.15) is 39.0 Å². The first kappa shape index (κ1) is 18.8. The highest BCUT2D eigenvalue weighted by atomic mass is 35.5. The molecule has 0 radical (unpaired) electrons. The molecule has 4 aromatic rings. The number of carbonyl (C=O) groups is 2. The standard InChI is InChI=1S/C22H17ClN4O2/c1-14-19(12-24-27(14)18-6-4-3-5-7-18)22(29)20-13-26(25-21(20)15(2)28)17-10-8-16(23)9-11-17/h3-13H,1-2H3. The highest BCUT2D eigenvalue weighted by molar-refractivity contribution is 6.30. The van der Waals surface area contributed by atoms with Crippen LogP contribution in [-0.2, 0) is 0 Å². The van der Waals surface area contributed by atoms with Crippen molar-refractivity contribution < 1.29 is 9.59 Å². The van der Waals surface area contributed by atoms with Gasteiger partial charge in [0, 0.05) is 18.1 Å². The molecule has 0 bridgehead atoms. The summed E-state index contributed by atoms with van der Waals surface area (Å²) in [7, 11) is 0. The number of Topliss-reactive ketones (excluding diaryl/α,β-unsaturated/α-hetero) is 1. The first-order valence-corrected chi connectivity index (χ1v) is 9.35. The van der Waals surface area contributed by atoms with Crippen LogP contribution in [-0.4, -0.2) is 31.1 Å². The molecule has 0 unspecified atom stereocenters. The Balaban J connectivity index is 1.77. The number of carbonyl (C=O) groups excluding carboxylic acids is 2. The highest BCUT2D eigenvalue weighted by Crippen LogP contribution is 2.21. The summed E-state index contributed by atoms with van der Waals surface area (Å²) in [4.78, 5) is 25.4. The van der Waals surface area contributed by atoms with Gasteiger partial charge in [-0.15, -0.1) is 0 Å². The van der Waals surface area contributed by atoms with Gasteiger partial charge in [0.25, 0.3) is 0 Å². The quantitative estimate of drug-likeness (QED) is 0.461. The van der Waals surface area contributed by atoms with Crippen molar-refractivity contribution in [3.05, 3.63) is 94.5 Å². The minimum absolute atomic E-state index is 0.122. The first-order chi connectivity index (χ1) is 14.0. The van der Waals surface area contributed by atoms with Crippen LogP contribution in [0.2, 0.25) is 5.02 Å². The van der Waals surface area contributed by atoms with Crippen LogP contribution in [0.3, 0.4) is 0 Å². The average Bonchev–Trinajstić information content (AvgIpc) is 3.33. The van der Waals surface area contributed by atoms with Crippen molar-refractivity contribution in [3.63, 3.8) is 0 Å². The maximum absolute atomic E-state index is 13.3. The van der Waals surface area contributed by atoms with Crippen molar-refractivity contribution in [2.24, 2.45) is 0 Å². The first-order valence-electron chi connectivity index (χ1n) is 8.97. The summed E-state index contributed by atoms with van der Waals surface area (Å²) in [6.45, 7) is 3.22. The molecule has 0 saturated heterocycles. The van der Waals surface area contributed by atoms with Gasteiger partial charge in [-0.3, -0.25) is 9.59 Å². The Morgan fingerprint density at radius 3 is 2.28 bits per heavy atom. The number of benzene rings is 2. The van der Waals surface area contributed by atoms with Crippen molar-refractivity contribution in [2.75, 3.05) is 0 Å². The Bertz CT molecular complexity index is 1210. The second kappa shape index (κ2) is 7.48. The van der Waals surface area contributed by atoms with Gasteiger partial charge in [-0.1, -0.05) is 29.8 Å². The van der Waals surface area contributed by atoms with Crippen molar-refractivity contribution in [2.45, 2.75) is 13.8 Å². The van der Waals surface area contributed by atoms with Crippen LogP contribution in [0.5, 0.6) is 0 Å². The molecule has 0 atom stereocenters. The number of halogens is 1. The topological polar surface area (TPSA) is 69.8 Å². The molecule has 0 N–H and O–H groups in total. The zero-order chi connectivity index (χ0) is 20.5. The molecule has 2 aromatic carbocycles. The lowest BCUT2D eigenvalue weighted by molar-refractivity contribution is 0.0987. The van der Waals surface area contributed by atoms with Crippen LogP contribution in [0.4, 0.5) is 0 Å². The minimum Gasteiger partial charge on any atom is -0.293 e. The molecule has 0 saturated carbocycles. The van der Waals surface area contributed by atoms with E-state index in [1.165, 1.54) is 17.8 Å². The Morgan fingerprint density at radius 1 is 0.931 bits per heavy atom. The van der Waals surface area contributed by atoms with E-state index in [9.17, 15) is 9.59 Å². The molecule has 0 amide bonds. The lowest BCUT2D eigenvalue weighted by Crippen LogP contribution is -2.08. The Kier molecular flexibility index (Phi) is 4.86. The van der Waals surface area contributed by atoms with E-state index in [2.05, 4.69) is 10.2 Å². The van der Waals surface area contributed by atoms with E-state index in [0.29, 0.717) is 22.0 Å². The molecule has 0 aliphatic heterocycles. The fourth-order valence-corrected chi connectivity index (χ4v) is 3.26. The van der Waals surface area contributed by atoms with Gasteiger partial charge in [0.2, 0.25) is 0 Å². The van der Waals surface area contributed by atoms with Crippen molar-refractivity contribution in [3.8, 4) is 11.4 Å². The van der Waals surface area contributed by atoms with Gasteiger partial charge in [-0.25, -0.2) is 9.36 Å². The number of ketones is 2. The van der Waals surface area contributed by atoms with Gasteiger partial charge in [0.05, 0.1) is 34.4 Å². The monoisotopic (exact) mass is 404 g/mol. The van der Waals surface area contributed by atoms with E-state index < -0.39 is 0 Å². The van der Waals surface area contributed by atoms with Crippen molar-refractivity contribution in [1.29, 1.82) is 0 Å². The minimum atomic E-state index is -0.296. The zero-order valence-electron chi connectivity index (χ0n) is 15.8. The Morgan fingerprint density at radius 2 is 1.62 bits per heavy atom. The molecule has 144 valence electrons. The molecular weight excluding hydrogens is 388 g/mol. The summed E-state index contributed by atoms with van der Waals surface area (Å²) in [6, 6.07) is 16.5. The van der Waals surface area contributed by atoms with Gasteiger partial charge >= 0.3 is 0 Å². The van der Waals surface area contributed by atoms with Crippen LogP contribution in [0.25, 0.3) is 11.4 Å². The van der Waals surface area contributed by atoms with Crippen LogP contribution < -0.4 is 0 Å². The van der Waals surface area contributed by atoms with Gasteiger partial charge in [0.1, 0.15) is 5.69 Å². The van der Waals surface area contributed by atoms with E-state index in [-0.39, 0.29) is 22.8 Å². The number of para-hydroxylation sites is 1. The number of hydrogen-bond donors (Lipinski definition) is 0. The van der Waals surface area contributed by atoms with Gasteiger partial charge in [-0.2, -0.15) is 10.2 Å². The molecule has 2 heterocycles. The largest absolute Gasteiger partial charge is 0.293 e. The Labute approximate surface area is 172 Å². The fourth-order valence-electron chi connectivity index (χ4n) is 3.13. The van der Waals surface area contributed by atoms with Crippen LogP contribution in [0.15, 0.2) is 67.0 Å². The second-order valence-electron chi connectivity index (χ2n) is 6.59. The average molecular weight is 405 g/mol. The molecule has 0 spiro atoms. The van der Waals surface area contributed by atoms with Crippen molar-refractivity contribution in [1.82, 2.24) is 19.6 Å². The maximum atomic E-state index is 13.3. The third-order valence-electron chi connectivity index (χ3n) is 4.64. The molecule has 0 aliphatic rings. The third kappa shape index (κ3) is 3.50. The lowest BCUT2D eigenvalue weighted by atomic mass is 10.0. The molecular formula is C22H17ClN4O2. The van der Waals surface area contributed by atoms with Crippen LogP contribution in [0, 0.1) is 6.92 Å². The number of rotatable bonds is 5. The molecule has 7 heteroatoms. The van der Waals surface area contributed by atoms with Crippen LogP contribution >= 0.6 is 11.6 Å². The predicted octanol–water partition coefficient (Wildman–Crippen LogP) is 4.45. The van der Waals surface area contributed by atoms with Gasteiger partial charge < -0.3 is 0 Å². The van der Waals surface area contributed by atoms with E-state index in [1.54, 1.807) is 35.1 Å². The summed E-state index contributed by atoms with van der Waals surface area (Å²) in [5, 5.41) is 9.27. The normalized spacial score (nSPS) is 10.9. The highest BCUT2D eigenvalue weighted by Gasteiger charge is 2.24. The maximum Gasteiger partial charge on any atom is 0.200 e. The predicted molar refractivity (Wildman–Crippen MR) is 110 cm³/mol. The van der Waals surface area contributed by atoms with E-state index >= 15 is 0 Å². The molecule has 0 fully saturated rings. The lowest BCUT2D eigenvalue weighted by Gasteiger charge is -2.04. The Hall–Kier alpha value is -3.51. The molecule has 6 nitrogen and oxygen atoms in total. The summed E-state index contributed by atoms with van der Waals surface area (Å²) in [6.07, 6.45) is 3.09. The van der Waals surface area contributed by atoms with Gasteiger partial charge in [-0.05, 0) is 43.3 Å². The fraction of sp³-hybridized carbons (Fsp3) is 0.0909. The second-order valence-corrected chi connectivity index (χ2v) is 7.03. The van der Waals surface area contributed by atoms with E-state index in [4.69, 9.17) is 11.6 Å². The molecule has 29 heavy (non-hydrogen) atoms. The number of nitrogens with zero attached hydrogens (tertiary/aromatic N) is 4. The SMILES string of the molecule is CC(=O)c1nn(-c2ccc(Cl)cc2)cc1C(=O)c1cnn(-c2ccccc2)c1C. The third-order valence-corrected chi connectivity index (χ3v) is 4.89. The summed E-state index contributed by atoms with van der Waals surface area (Å²) >= 11 is 5.94. The molecule has 4 rings (SSSR count). The van der Waals surface area contributed by atoms with E-state index in [1.807, 2.05) is 37.3 Å².